The summed E-state index contributed by atoms with van der Waals surface area (Å²) >= 11 is 0. The second-order valence-electron chi connectivity index (χ2n) is 5.85. The summed E-state index contributed by atoms with van der Waals surface area (Å²) in [6.45, 7) is 2.15. The largest absolute Gasteiger partial charge is 0.423 e. The predicted molar refractivity (Wildman–Crippen MR) is 112 cm³/mol. The first-order valence-corrected chi connectivity index (χ1v) is 10.9. The summed E-state index contributed by atoms with van der Waals surface area (Å²) in [5.74, 6) is 2.16. The van der Waals surface area contributed by atoms with Crippen LogP contribution in [0.25, 0.3) is 0 Å². The third-order valence-corrected chi connectivity index (χ3v) is 6.18. The first-order chi connectivity index (χ1) is 12.7. The zero-order valence-corrected chi connectivity index (χ0v) is 16.2. The molecule has 3 rings (SSSR count). The number of rotatable bonds is 7. The van der Waals surface area contributed by atoms with Crippen LogP contribution in [0.1, 0.15) is 27.0 Å². The molecule has 132 valence electrons. The minimum absolute atomic E-state index is 0.332. The summed E-state index contributed by atoms with van der Waals surface area (Å²) in [5.41, 5.74) is 4.49. The van der Waals surface area contributed by atoms with Gasteiger partial charge in [0.1, 0.15) is 5.75 Å². The molecule has 3 aromatic carbocycles. The van der Waals surface area contributed by atoms with Crippen molar-refractivity contribution in [2.75, 3.05) is 0 Å². The SMILES string of the molecule is Cc1ccccc1CSSCc1ccc(OC(=O)c2ccccc2)cc1. The van der Waals surface area contributed by atoms with E-state index in [1.165, 1.54) is 16.7 Å². The molecule has 3 aromatic rings. The molecule has 4 heteroatoms. The minimum Gasteiger partial charge on any atom is -0.423 e. The smallest absolute Gasteiger partial charge is 0.343 e. The normalized spacial score (nSPS) is 10.5. The fourth-order valence-corrected chi connectivity index (χ4v) is 4.62. The summed E-state index contributed by atoms with van der Waals surface area (Å²) in [5, 5.41) is 0. The lowest BCUT2D eigenvalue weighted by Gasteiger charge is -2.07. The van der Waals surface area contributed by atoms with Crippen molar-refractivity contribution in [3.05, 3.63) is 101 Å². The maximum Gasteiger partial charge on any atom is 0.343 e. The van der Waals surface area contributed by atoms with Crippen molar-refractivity contribution in [3.8, 4) is 5.75 Å². The van der Waals surface area contributed by atoms with Crippen LogP contribution < -0.4 is 4.74 Å². The van der Waals surface area contributed by atoms with E-state index in [1.807, 2.05) is 64.1 Å². The highest BCUT2D eigenvalue weighted by atomic mass is 33.1. The van der Waals surface area contributed by atoms with Crippen LogP contribution in [-0.2, 0) is 11.5 Å². The number of carbonyl (C=O) groups is 1. The first kappa shape index (κ1) is 18.6. The summed E-state index contributed by atoms with van der Waals surface area (Å²) in [6, 6.07) is 25.2. The molecule has 0 fully saturated rings. The molecule has 0 spiro atoms. The number of hydrogen-bond acceptors (Lipinski definition) is 4. The molecule has 0 saturated carbocycles. The Morgan fingerprint density at radius 2 is 1.46 bits per heavy atom. The Bertz CT molecular complexity index is 846. The van der Waals surface area contributed by atoms with E-state index in [0.29, 0.717) is 11.3 Å². The molecule has 0 saturated heterocycles. The number of aryl methyl sites for hydroxylation is 1. The van der Waals surface area contributed by atoms with Crippen molar-refractivity contribution in [2.45, 2.75) is 18.4 Å². The Kier molecular flexibility index (Phi) is 6.81. The van der Waals surface area contributed by atoms with E-state index in [9.17, 15) is 4.79 Å². The molecule has 2 nitrogen and oxygen atoms in total. The lowest BCUT2D eigenvalue weighted by molar-refractivity contribution is 0.0734. The maximum absolute atomic E-state index is 12.0. The van der Waals surface area contributed by atoms with Crippen molar-refractivity contribution >= 4 is 27.6 Å². The van der Waals surface area contributed by atoms with Gasteiger partial charge in [-0.25, -0.2) is 4.79 Å². The van der Waals surface area contributed by atoms with Gasteiger partial charge in [-0.05, 0) is 47.9 Å². The molecule has 0 aromatic heterocycles. The van der Waals surface area contributed by atoms with E-state index < -0.39 is 0 Å². The molecular formula is C22H20O2S2. The van der Waals surface area contributed by atoms with Crippen molar-refractivity contribution in [3.63, 3.8) is 0 Å². The molecule has 0 heterocycles. The second-order valence-corrected chi connectivity index (χ2v) is 8.31. The molecule has 26 heavy (non-hydrogen) atoms. The monoisotopic (exact) mass is 380 g/mol. The van der Waals surface area contributed by atoms with Gasteiger partial charge in [0.15, 0.2) is 0 Å². The third kappa shape index (κ3) is 5.41. The van der Waals surface area contributed by atoms with Gasteiger partial charge in [-0.2, -0.15) is 0 Å². The molecule has 0 amide bonds. The fourth-order valence-electron chi connectivity index (χ4n) is 2.38. The van der Waals surface area contributed by atoms with Gasteiger partial charge >= 0.3 is 5.97 Å². The fraction of sp³-hybridized carbons (Fsp3) is 0.136. The summed E-state index contributed by atoms with van der Waals surface area (Å²) in [6.07, 6.45) is 0. The molecule has 0 radical (unpaired) electrons. The highest BCUT2D eigenvalue weighted by Crippen LogP contribution is 2.30. The zero-order chi connectivity index (χ0) is 18.2. The van der Waals surface area contributed by atoms with Gasteiger partial charge in [0.2, 0.25) is 0 Å². The Hall–Kier alpha value is -2.17. The highest BCUT2D eigenvalue weighted by Gasteiger charge is 2.07. The Morgan fingerprint density at radius 3 is 2.19 bits per heavy atom. The third-order valence-electron chi connectivity index (χ3n) is 3.93. The quantitative estimate of drug-likeness (QED) is 0.208. The number of ether oxygens (including phenoxy) is 1. The van der Waals surface area contributed by atoms with Crippen LogP contribution in [0.5, 0.6) is 5.75 Å². The number of carbonyl (C=O) groups excluding carboxylic acids is 1. The van der Waals surface area contributed by atoms with Crippen molar-refractivity contribution in [1.29, 1.82) is 0 Å². The van der Waals surface area contributed by atoms with Crippen molar-refractivity contribution in [2.24, 2.45) is 0 Å². The molecule has 0 aliphatic rings. The van der Waals surface area contributed by atoms with Gasteiger partial charge in [0.25, 0.3) is 0 Å². The van der Waals surface area contributed by atoms with Crippen LogP contribution in [0.2, 0.25) is 0 Å². The van der Waals surface area contributed by atoms with Crippen molar-refractivity contribution in [1.82, 2.24) is 0 Å². The van der Waals surface area contributed by atoms with Gasteiger partial charge in [0.05, 0.1) is 5.56 Å². The van der Waals surface area contributed by atoms with Crippen LogP contribution in [0, 0.1) is 6.92 Å². The van der Waals surface area contributed by atoms with Crippen LogP contribution >= 0.6 is 21.6 Å². The molecular weight excluding hydrogens is 360 g/mol. The lowest BCUT2D eigenvalue weighted by Crippen LogP contribution is -2.07. The Balaban J connectivity index is 1.46. The van der Waals surface area contributed by atoms with Gasteiger partial charge in [-0.1, -0.05) is 76.2 Å². The lowest BCUT2D eigenvalue weighted by atomic mass is 10.1. The highest BCUT2D eigenvalue weighted by molar-refractivity contribution is 8.76. The average Bonchev–Trinajstić information content (AvgIpc) is 2.68. The van der Waals surface area contributed by atoms with Crippen LogP contribution in [-0.4, -0.2) is 5.97 Å². The Labute approximate surface area is 162 Å². The van der Waals surface area contributed by atoms with E-state index in [4.69, 9.17) is 4.74 Å². The van der Waals surface area contributed by atoms with Crippen LogP contribution in [0.15, 0.2) is 78.9 Å². The van der Waals surface area contributed by atoms with E-state index >= 15 is 0 Å². The van der Waals surface area contributed by atoms with Crippen LogP contribution in [0.4, 0.5) is 0 Å². The van der Waals surface area contributed by atoms with Crippen molar-refractivity contribution < 1.29 is 9.53 Å². The Morgan fingerprint density at radius 1 is 0.808 bits per heavy atom. The number of hydrogen-bond donors (Lipinski definition) is 0. The van der Waals surface area contributed by atoms with E-state index in [1.54, 1.807) is 12.1 Å². The molecule has 0 atom stereocenters. The van der Waals surface area contributed by atoms with Gasteiger partial charge < -0.3 is 4.74 Å². The van der Waals surface area contributed by atoms with Gasteiger partial charge in [-0.15, -0.1) is 0 Å². The van der Waals surface area contributed by atoms with E-state index in [-0.39, 0.29) is 5.97 Å². The predicted octanol–water partition coefficient (Wildman–Crippen LogP) is 6.30. The molecule has 0 bridgehead atoms. The summed E-state index contributed by atoms with van der Waals surface area (Å²) < 4.78 is 5.40. The number of esters is 1. The second kappa shape index (κ2) is 9.51. The topological polar surface area (TPSA) is 26.3 Å². The minimum atomic E-state index is -0.332. The van der Waals surface area contributed by atoms with E-state index in [0.717, 1.165) is 11.5 Å². The van der Waals surface area contributed by atoms with Gasteiger partial charge in [0, 0.05) is 11.5 Å². The summed E-state index contributed by atoms with van der Waals surface area (Å²) in [4.78, 5) is 12.0. The molecule has 0 N–H and O–H groups in total. The summed E-state index contributed by atoms with van der Waals surface area (Å²) in [7, 11) is 3.69. The molecule has 0 unspecified atom stereocenters. The molecule has 0 aliphatic carbocycles. The standard InChI is InChI=1S/C22H20O2S2/c1-17-7-5-6-10-20(17)16-26-25-15-18-11-13-21(14-12-18)24-22(23)19-8-3-2-4-9-19/h2-14H,15-16H2,1H3. The first-order valence-electron chi connectivity index (χ1n) is 8.37. The van der Waals surface area contributed by atoms with E-state index in [2.05, 4.69) is 31.2 Å². The number of benzene rings is 3. The average molecular weight is 381 g/mol. The van der Waals surface area contributed by atoms with Gasteiger partial charge in [-0.3, -0.25) is 0 Å². The van der Waals surface area contributed by atoms with Crippen LogP contribution in [0.3, 0.4) is 0 Å². The molecule has 0 aliphatic heterocycles. The maximum atomic E-state index is 12.0. The zero-order valence-electron chi connectivity index (χ0n) is 14.6.